The number of nitrogens with two attached hydrogens (primary N) is 1. The summed E-state index contributed by atoms with van der Waals surface area (Å²) in [6.07, 6.45) is 1.85. The Balaban J connectivity index is 1.98. The Bertz CT molecular complexity index is 481. The lowest BCUT2D eigenvalue weighted by Gasteiger charge is -2.32. The summed E-state index contributed by atoms with van der Waals surface area (Å²) in [5.74, 6) is 0.239. The summed E-state index contributed by atoms with van der Waals surface area (Å²) in [4.78, 5) is 15.6. The normalized spacial score (nSPS) is 18.1. The zero-order chi connectivity index (χ0) is 14.7. The minimum atomic E-state index is -0.0372. The maximum Gasteiger partial charge on any atom is 0.235 e. The Morgan fingerprint density at radius 1 is 1.35 bits per heavy atom. The number of thioether (sulfide) groups is 1. The van der Waals surface area contributed by atoms with Crippen molar-refractivity contribution in [3.63, 3.8) is 0 Å². The second-order valence-corrected chi connectivity index (χ2v) is 7.07. The predicted octanol–water partition coefficient (Wildman–Crippen LogP) is 2.73. The number of carbonyl (C=O) groups excluding carboxylic acids is 1. The highest BCUT2D eigenvalue weighted by atomic mass is 32.2. The van der Waals surface area contributed by atoms with E-state index in [0.717, 1.165) is 25.9 Å². The van der Waals surface area contributed by atoms with Gasteiger partial charge in [0.25, 0.3) is 0 Å². The molecule has 1 fully saturated rings. The fourth-order valence-corrected chi connectivity index (χ4v) is 3.59. The molecule has 2 rings (SSSR count). The third-order valence-corrected chi connectivity index (χ3v) is 5.10. The van der Waals surface area contributed by atoms with Crippen LogP contribution in [-0.4, -0.2) is 35.2 Å². The van der Waals surface area contributed by atoms with E-state index in [1.807, 2.05) is 11.8 Å². The van der Waals surface area contributed by atoms with E-state index in [2.05, 4.69) is 32.0 Å². The molecule has 0 saturated carbocycles. The molecule has 1 unspecified atom stereocenters. The summed E-state index contributed by atoms with van der Waals surface area (Å²) in [6, 6.07) is 6.66. The van der Waals surface area contributed by atoms with Crippen LogP contribution in [0, 0.1) is 13.8 Å². The maximum absolute atomic E-state index is 12.5. The molecule has 1 saturated heterocycles. The van der Waals surface area contributed by atoms with Gasteiger partial charge in [-0.25, -0.2) is 0 Å². The van der Waals surface area contributed by atoms with Crippen molar-refractivity contribution in [1.29, 1.82) is 0 Å². The molecule has 0 aliphatic carbocycles. The van der Waals surface area contributed by atoms with Crippen molar-refractivity contribution in [2.75, 3.05) is 13.1 Å². The predicted molar refractivity (Wildman–Crippen MR) is 85.0 cm³/mol. The van der Waals surface area contributed by atoms with Crippen LogP contribution >= 0.6 is 11.8 Å². The number of benzene rings is 1. The Morgan fingerprint density at radius 3 is 2.65 bits per heavy atom. The SMILES string of the molecule is Cc1ccc(C)c(SC(C)C(=O)N2CCC(N)CC2)c1. The van der Waals surface area contributed by atoms with E-state index in [9.17, 15) is 4.79 Å². The second kappa shape index (κ2) is 6.64. The topological polar surface area (TPSA) is 46.3 Å². The first-order valence-corrected chi connectivity index (χ1v) is 8.13. The molecule has 110 valence electrons. The zero-order valence-electron chi connectivity index (χ0n) is 12.6. The number of rotatable bonds is 3. The van der Waals surface area contributed by atoms with Crippen LogP contribution < -0.4 is 5.73 Å². The highest BCUT2D eigenvalue weighted by Crippen LogP contribution is 2.29. The summed E-state index contributed by atoms with van der Waals surface area (Å²) >= 11 is 1.66. The van der Waals surface area contributed by atoms with Crippen molar-refractivity contribution in [1.82, 2.24) is 4.90 Å². The van der Waals surface area contributed by atoms with E-state index in [4.69, 9.17) is 5.73 Å². The second-order valence-electron chi connectivity index (χ2n) is 5.69. The van der Waals surface area contributed by atoms with Crippen molar-refractivity contribution >= 4 is 17.7 Å². The molecular formula is C16H24N2OS. The molecule has 0 bridgehead atoms. The van der Waals surface area contributed by atoms with Crippen molar-refractivity contribution < 1.29 is 4.79 Å². The number of amides is 1. The van der Waals surface area contributed by atoms with Crippen molar-refractivity contribution in [3.05, 3.63) is 29.3 Å². The number of aryl methyl sites for hydroxylation is 2. The van der Waals surface area contributed by atoms with Crippen LogP contribution in [0.3, 0.4) is 0 Å². The molecule has 0 spiro atoms. The number of nitrogens with zero attached hydrogens (tertiary/aromatic N) is 1. The van der Waals surface area contributed by atoms with E-state index in [-0.39, 0.29) is 17.2 Å². The van der Waals surface area contributed by atoms with Gasteiger partial charge in [-0.15, -0.1) is 11.8 Å². The van der Waals surface area contributed by atoms with E-state index in [1.54, 1.807) is 11.8 Å². The van der Waals surface area contributed by atoms with Gasteiger partial charge in [0.1, 0.15) is 0 Å². The van der Waals surface area contributed by atoms with Gasteiger partial charge in [0, 0.05) is 24.0 Å². The quantitative estimate of drug-likeness (QED) is 0.871. The van der Waals surface area contributed by atoms with Crippen LogP contribution in [0.5, 0.6) is 0 Å². The minimum Gasteiger partial charge on any atom is -0.342 e. The Kier molecular flexibility index (Phi) is 5.11. The van der Waals surface area contributed by atoms with Crippen molar-refractivity contribution in [3.8, 4) is 0 Å². The van der Waals surface area contributed by atoms with Gasteiger partial charge >= 0.3 is 0 Å². The first-order chi connectivity index (χ1) is 9.47. The van der Waals surface area contributed by atoms with Gasteiger partial charge in [0.15, 0.2) is 0 Å². The number of hydrogen-bond donors (Lipinski definition) is 1. The van der Waals surface area contributed by atoms with Gasteiger partial charge < -0.3 is 10.6 Å². The third kappa shape index (κ3) is 3.76. The highest BCUT2D eigenvalue weighted by molar-refractivity contribution is 8.00. The van der Waals surface area contributed by atoms with E-state index >= 15 is 0 Å². The van der Waals surface area contributed by atoms with Gasteiger partial charge in [0.05, 0.1) is 5.25 Å². The molecule has 0 aromatic heterocycles. The molecule has 1 amide bonds. The summed E-state index contributed by atoms with van der Waals surface area (Å²) in [5.41, 5.74) is 8.36. The van der Waals surface area contributed by atoms with Gasteiger partial charge in [-0.2, -0.15) is 0 Å². The third-order valence-electron chi connectivity index (χ3n) is 3.85. The number of likely N-dealkylation sites (tertiary alicyclic amines) is 1. The fraction of sp³-hybridized carbons (Fsp3) is 0.562. The molecule has 4 heteroatoms. The minimum absolute atomic E-state index is 0.0372. The number of hydrogen-bond acceptors (Lipinski definition) is 3. The molecule has 1 aliphatic rings. The van der Waals surface area contributed by atoms with Crippen LogP contribution in [0.25, 0.3) is 0 Å². The van der Waals surface area contributed by atoms with E-state index in [0.29, 0.717) is 0 Å². The molecule has 3 nitrogen and oxygen atoms in total. The molecule has 20 heavy (non-hydrogen) atoms. The fourth-order valence-electron chi connectivity index (χ4n) is 2.45. The lowest BCUT2D eigenvalue weighted by Crippen LogP contribution is -2.45. The monoisotopic (exact) mass is 292 g/mol. The smallest absolute Gasteiger partial charge is 0.235 e. The summed E-state index contributed by atoms with van der Waals surface area (Å²) < 4.78 is 0. The van der Waals surface area contributed by atoms with Crippen LogP contribution in [0.2, 0.25) is 0 Å². The molecule has 1 aliphatic heterocycles. The van der Waals surface area contributed by atoms with E-state index < -0.39 is 0 Å². The lowest BCUT2D eigenvalue weighted by atomic mass is 10.1. The maximum atomic E-state index is 12.5. The van der Waals surface area contributed by atoms with Gasteiger partial charge in [0.2, 0.25) is 5.91 Å². The van der Waals surface area contributed by atoms with Crippen LogP contribution in [0.4, 0.5) is 0 Å². The largest absolute Gasteiger partial charge is 0.342 e. The van der Waals surface area contributed by atoms with Crippen LogP contribution in [0.15, 0.2) is 23.1 Å². The summed E-state index contributed by atoms with van der Waals surface area (Å²) in [5, 5.41) is -0.0372. The van der Waals surface area contributed by atoms with Crippen molar-refractivity contribution in [2.24, 2.45) is 5.73 Å². The number of carbonyl (C=O) groups is 1. The van der Waals surface area contributed by atoms with Gasteiger partial charge in [-0.3, -0.25) is 4.79 Å². The van der Waals surface area contributed by atoms with Gasteiger partial charge in [-0.1, -0.05) is 17.7 Å². The standard InChI is InChI=1S/C16H24N2OS/c1-11-4-5-12(2)15(10-11)20-13(3)16(19)18-8-6-14(17)7-9-18/h4-5,10,13-14H,6-9,17H2,1-3H3. The molecule has 2 N–H and O–H groups in total. The molecule has 1 aromatic rings. The molecule has 1 atom stereocenters. The lowest BCUT2D eigenvalue weighted by molar-refractivity contribution is -0.131. The first kappa shape index (κ1) is 15.4. The Morgan fingerprint density at radius 2 is 2.00 bits per heavy atom. The molecule has 1 heterocycles. The average Bonchev–Trinajstić information content (AvgIpc) is 2.43. The first-order valence-electron chi connectivity index (χ1n) is 7.25. The number of piperidine rings is 1. The molecular weight excluding hydrogens is 268 g/mol. The van der Waals surface area contributed by atoms with Crippen LogP contribution in [-0.2, 0) is 4.79 Å². The summed E-state index contributed by atoms with van der Waals surface area (Å²) in [7, 11) is 0. The van der Waals surface area contributed by atoms with Gasteiger partial charge in [-0.05, 0) is 45.2 Å². The van der Waals surface area contributed by atoms with E-state index in [1.165, 1.54) is 16.0 Å². The highest BCUT2D eigenvalue weighted by Gasteiger charge is 2.25. The Hall–Kier alpha value is -1.00. The molecule has 0 radical (unpaired) electrons. The molecule has 1 aromatic carbocycles. The zero-order valence-corrected chi connectivity index (χ0v) is 13.4. The van der Waals surface area contributed by atoms with Crippen molar-refractivity contribution in [2.45, 2.75) is 49.8 Å². The average molecular weight is 292 g/mol. The summed E-state index contributed by atoms with van der Waals surface area (Å²) in [6.45, 7) is 7.79. The van der Waals surface area contributed by atoms with Crippen LogP contribution in [0.1, 0.15) is 30.9 Å². The Labute approximate surface area is 125 Å².